The Morgan fingerprint density at radius 1 is 1.56 bits per heavy atom. The van der Waals surface area contributed by atoms with E-state index in [4.69, 9.17) is 5.11 Å². The van der Waals surface area contributed by atoms with Crippen LogP contribution in [0.3, 0.4) is 0 Å². The van der Waals surface area contributed by atoms with Crippen LogP contribution in [0.2, 0.25) is 0 Å². The molecule has 5 heteroatoms. The molecule has 1 atom stereocenters. The summed E-state index contributed by atoms with van der Waals surface area (Å²) in [5.74, 6) is 0.251. The quantitative estimate of drug-likeness (QED) is 0.384. The van der Waals surface area contributed by atoms with Gasteiger partial charge in [-0.25, -0.2) is 4.79 Å². The first-order valence-corrected chi connectivity index (χ1v) is 6.17. The number of aliphatic carboxylic acids is 1. The van der Waals surface area contributed by atoms with Crippen LogP contribution in [0.5, 0.6) is 0 Å². The Bertz CT molecular complexity index is 276. The fraction of sp³-hybridized carbons (Fsp3) is 0.455. The Morgan fingerprint density at radius 2 is 2.25 bits per heavy atom. The number of carboxylic acid groups (broad SMARTS) is 1. The number of carbonyl (C=O) groups is 2. The van der Waals surface area contributed by atoms with E-state index in [2.05, 4.69) is 11.9 Å². The molecule has 0 aliphatic heterocycles. The second kappa shape index (κ2) is 9.03. The van der Waals surface area contributed by atoms with Crippen LogP contribution in [0.1, 0.15) is 13.3 Å². The number of carbonyl (C=O) groups excluding carboxylic acids is 1. The number of carboxylic acids is 1. The normalized spacial score (nSPS) is 12.3. The smallest absolute Gasteiger partial charge is 0.326 e. The average molecular weight is 243 g/mol. The minimum Gasteiger partial charge on any atom is -0.480 e. The van der Waals surface area contributed by atoms with Crippen LogP contribution in [0.4, 0.5) is 0 Å². The molecule has 0 bridgehead atoms. The summed E-state index contributed by atoms with van der Waals surface area (Å²) in [6, 6.07) is -0.819. The highest BCUT2D eigenvalue weighted by molar-refractivity contribution is 7.99. The van der Waals surface area contributed by atoms with Gasteiger partial charge in [-0.1, -0.05) is 25.7 Å². The molecule has 2 N–H and O–H groups in total. The summed E-state index contributed by atoms with van der Waals surface area (Å²) >= 11 is 1.65. The number of rotatable bonds is 8. The maximum Gasteiger partial charge on any atom is 0.326 e. The van der Waals surface area contributed by atoms with Crippen molar-refractivity contribution in [3.63, 3.8) is 0 Å². The fourth-order valence-corrected chi connectivity index (χ4v) is 1.67. The summed E-state index contributed by atoms with van der Waals surface area (Å²) in [5.41, 5.74) is 0. The van der Waals surface area contributed by atoms with Crippen LogP contribution >= 0.6 is 11.8 Å². The highest BCUT2D eigenvalue weighted by Crippen LogP contribution is 2.04. The third-order valence-electron chi connectivity index (χ3n) is 1.75. The molecular formula is C11H17NO3S. The second-order valence-corrected chi connectivity index (χ2v) is 4.37. The number of nitrogens with one attached hydrogen (secondary N) is 1. The lowest BCUT2D eigenvalue weighted by Crippen LogP contribution is -2.40. The number of hydrogen-bond donors (Lipinski definition) is 2. The van der Waals surface area contributed by atoms with Crippen molar-refractivity contribution in [2.45, 2.75) is 19.4 Å². The zero-order chi connectivity index (χ0) is 12.4. The molecule has 0 rings (SSSR count). The van der Waals surface area contributed by atoms with Gasteiger partial charge >= 0.3 is 5.97 Å². The maximum absolute atomic E-state index is 11.2. The Kier molecular flexibility index (Phi) is 8.34. The van der Waals surface area contributed by atoms with Crippen molar-refractivity contribution in [2.75, 3.05) is 11.5 Å². The third-order valence-corrected chi connectivity index (χ3v) is 2.69. The van der Waals surface area contributed by atoms with Crippen molar-refractivity contribution >= 4 is 23.6 Å². The Morgan fingerprint density at radius 3 is 2.75 bits per heavy atom. The van der Waals surface area contributed by atoms with Gasteiger partial charge in [0.25, 0.3) is 0 Å². The molecule has 0 saturated carbocycles. The summed E-state index contributed by atoms with van der Waals surface area (Å²) in [5, 5.41) is 11.3. The van der Waals surface area contributed by atoms with Crippen molar-refractivity contribution in [1.82, 2.24) is 5.32 Å². The predicted octanol–water partition coefficient (Wildman–Crippen LogP) is 1.44. The molecule has 0 aromatic carbocycles. The summed E-state index contributed by atoms with van der Waals surface area (Å²) in [7, 11) is 0. The predicted molar refractivity (Wildman–Crippen MR) is 66.5 cm³/mol. The molecule has 1 unspecified atom stereocenters. The van der Waals surface area contributed by atoms with Crippen molar-refractivity contribution < 1.29 is 14.7 Å². The lowest BCUT2D eigenvalue weighted by Gasteiger charge is -2.12. The average Bonchev–Trinajstić information content (AvgIpc) is 2.25. The largest absolute Gasteiger partial charge is 0.480 e. The molecule has 0 aliphatic carbocycles. The van der Waals surface area contributed by atoms with Crippen LogP contribution in [-0.4, -0.2) is 34.5 Å². The van der Waals surface area contributed by atoms with Gasteiger partial charge < -0.3 is 10.4 Å². The standard InChI is InChI=1S/C11H17NO3S/c1-3-5-6-10(13)12-9(11(14)15)7-8-16-4-2/h3,5-6,9H,1,4,7-8H2,2H3,(H,12,13)(H,14,15). The molecule has 0 saturated heterocycles. The maximum atomic E-state index is 11.2. The van der Waals surface area contributed by atoms with E-state index in [-0.39, 0.29) is 0 Å². The number of hydrogen-bond acceptors (Lipinski definition) is 3. The van der Waals surface area contributed by atoms with Gasteiger partial charge in [0.15, 0.2) is 0 Å². The van der Waals surface area contributed by atoms with Crippen LogP contribution in [-0.2, 0) is 9.59 Å². The molecule has 0 heterocycles. The van der Waals surface area contributed by atoms with Gasteiger partial charge in [0, 0.05) is 6.08 Å². The zero-order valence-corrected chi connectivity index (χ0v) is 10.1. The van der Waals surface area contributed by atoms with E-state index in [0.29, 0.717) is 6.42 Å². The Balaban J connectivity index is 4.12. The molecule has 0 aliphatic rings. The summed E-state index contributed by atoms with van der Waals surface area (Å²) < 4.78 is 0. The minimum absolute atomic E-state index is 0.409. The van der Waals surface area contributed by atoms with Crippen molar-refractivity contribution in [3.05, 3.63) is 24.8 Å². The number of allylic oxidation sites excluding steroid dienone is 2. The monoisotopic (exact) mass is 243 g/mol. The van der Waals surface area contributed by atoms with E-state index in [9.17, 15) is 9.59 Å². The molecule has 1 amide bonds. The third kappa shape index (κ3) is 7.11. The first-order chi connectivity index (χ1) is 7.61. The van der Waals surface area contributed by atoms with Crippen LogP contribution in [0, 0.1) is 0 Å². The van der Waals surface area contributed by atoms with Gasteiger partial charge in [0.05, 0.1) is 0 Å². The van der Waals surface area contributed by atoms with Crippen molar-refractivity contribution in [2.24, 2.45) is 0 Å². The van der Waals surface area contributed by atoms with E-state index < -0.39 is 17.9 Å². The molecule has 16 heavy (non-hydrogen) atoms. The summed E-state index contributed by atoms with van der Waals surface area (Å²) in [6.45, 7) is 5.43. The number of thioether (sulfide) groups is 1. The van der Waals surface area contributed by atoms with E-state index in [0.717, 1.165) is 11.5 Å². The topological polar surface area (TPSA) is 66.4 Å². The van der Waals surface area contributed by atoms with Crippen LogP contribution in [0.15, 0.2) is 24.8 Å². The van der Waals surface area contributed by atoms with E-state index in [1.807, 2.05) is 6.92 Å². The van der Waals surface area contributed by atoms with E-state index >= 15 is 0 Å². The van der Waals surface area contributed by atoms with Crippen LogP contribution in [0.25, 0.3) is 0 Å². The van der Waals surface area contributed by atoms with Gasteiger partial charge in [0.2, 0.25) is 5.91 Å². The molecular weight excluding hydrogens is 226 g/mol. The molecule has 0 spiro atoms. The van der Waals surface area contributed by atoms with Crippen molar-refractivity contribution in [1.29, 1.82) is 0 Å². The zero-order valence-electron chi connectivity index (χ0n) is 9.31. The van der Waals surface area contributed by atoms with Crippen molar-refractivity contribution in [3.8, 4) is 0 Å². The molecule has 0 fully saturated rings. The highest BCUT2D eigenvalue weighted by Gasteiger charge is 2.17. The summed E-state index contributed by atoms with van der Waals surface area (Å²) in [6.07, 6.45) is 4.62. The molecule has 0 aromatic rings. The molecule has 90 valence electrons. The SMILES string of the molecule is C=CC=CC(=O)NC(CCSCC)C(=O)O. The summed E-state index contributed by atoms with van der Waals surface area (Å²) in [4.78, 5) is 22.1. The lowest BCUT2D eigenvalue weighted by molar-refractivity contribution is -0.141. The second-order valence-electron chi connectivity index (χ2n) is 2.98. The minimum atomic E-state index is -1.00. The van der Waals surface area contributed by atoms with E-state index in [1.165, 1.54) is 18.2 Å². The van der Waals surface area contributed by atoms with Gasteiger partial charge in [-0.2, -0.15) is 11.8 Å². The Labute approximate surface area is 99.8 Å². The molecule has 0 radical (unpaired) electrons. The molecule has 4 nitrogen and oxygen atoms in total. The van der Waals surface area contributed by atoms with Gasteiger partial charge in [-0.15, -0.1) is 0 Å². The van der Waals surface area contributed by atoms with Gasteiger partial charge in [-0.3, -0.25) is 4.79 Å². The first-order valence-electron chi connectivity index (χ1n) is 5.02. The van der Waals surface area contributed by atoms with Gasteiger partial charge in [0.1, 0.15) is 6.04 Å². The number of amides is 1. The highest BCUT2D eigenvalue weighted by atomic mass is 32.2. The van der Waals surface area contributed by atoms with Gasteiger partial charge in [-0.05, 0) is 17.9 Å². The lowest BCUT2D eigenvalue weighted by atomic mass is 10.2. The molecule has 0 aromatic heterocycles. The Hall–Kier alpha value is -1.23. The first kappa shape index (κ1) is 14.8. The fourth-order valence-electron chi connectivity index (χ4n) is 0.978. The van der Waals surface area contributed by atoms with Crippen LogP contribution < -0.4 is 5.32 Å². The van der Waals surface area contributed by atoms with E-state index in [1.54, 1.807) is 11.8 Å².